The Balaban J connectivity index is 2.21. The Labute approximate surface area is 123 Å². The Morgan fingerprint density at radius 3 is 2.30 bits per heavy atom. The van der Waals surface area contributed by atoms with Crippen molar-refractivity contribution in [2.24, 2.45) is 5.41 Å². The van der Waals surface area contributed by atoms with E-state index in [-0.39, 0.29) is 15.2 Å². The summed E-state index contributed by atoms with van der Waals surface area (Å²) in [6, 6.07) is 5.03. The Hall–Kier alpha value is -0.630. The summed E-state index contributed by atoms with van der Waals surface area (Å²) in [5, 5.41) is 0. The molecule has 8 heteroatoms. The average Bonchev–Trinajstić information content (AvgIpc) is 3.16. The summed E-state index contributed by atoms with van der Waals surface area (Å²) in [6.07, 6.45) is 2.95. The number of benzene rings is 1. The molecule has 0 bridgehead atoms. The fraction of sp³-hybridized carbons (Fsp3) is 0.500. The van der Waals surface area contributed by atoms with Gasteiger partial charge in [-0.3, -0.25) is 0 Å². The van der Waals surface area contributed by atoms with Gasteiger partial charge in [-0.05, 0) is 42.9 Å². The molecule has 1 N–H and O–H groups in total. The summed E-state index contributed by atoms with van der Waals surface area (Å²) in [6.45, 7) is 2.41. The van der Waals surface area contributed by atoms with Crippen LogP contribution in [0.4, 0.5) is 0 Å². The summed E-state index contributed by atoms with van der Waals surface area (Å²) in [5.41, 5.74) is 0.0727. The van der Waals surface area contributed by atoms with E-state index in [1.54, 1.807) is 0 Å². The highest BCUT2D eigenvalue weighted by Gasteiger charge is 2.41. The van der Waals surface area contributed by atoms with Gasteiger partial charge in [0.15, 0.2) is 0 Å². The van der Waals surface area contributed by atoms with Gasteiger partial charge in [-0.15, -0.1) is 0 Å². The molecule has 1 aromatic rings. The lowest BCUT2D eigenvalue weighted by Gasteiger charge is -2.14. The van der Waals surface area contributed by atoms with Gasteiger partial charge in [0.2, 0.25) is 10.0 Å². The first kappa shape index (κ1) is 15.8. The molecular weight excluding hydrogens is 322 g/mol. The van der Waals surface area contributed by atoms with E-state index < -0.39 is 19.1 Å². The van der Waals surface area contributed by atoms with Crippen LogP contribution in [0.5, 0.6) is 0 Å². The SMILES string of the molecule is CCC1(CNS(=O)(=O)c2cccc(S(=O)(=O)Cl)c2)CC1. The fourth-order valence-electron chi connectivity index (χ4n) is 1.96. The van der Waals surface area contributed by atoms with E-state index in [2.05, 4.69) is 4.72 Å². The second kappa shape index (κ2) is 5.29. The van der Waals surface area contributed by atoms with E-state index in [1.165, 1.54) is 18.2 Å². The monoisotopic (exact) mass is 337 g/mol. The van der Waals surface area contributed by atoms with Crippen LogP contribution in [0.25, 0.3) is 0 Å². The largest absolute Gasteiger partial charge is 0.261 e. The summed E-state index contributed by atoms with van der Waals surface area (Å²) >= 11 is 0. The van der Waals surface area contributed by atoms with E-state index in [0.717, 1.165) is 25.3 Å². The van der Waals surface area contributed by atoms with Crippen LogP contribution in [0.15, 0.2) is 34.1 Å². The molecule has 0 atom stereocenters. The van der Waals surface area contributed by atoms with Crippen molar-refractivity contribution < 1.29 is 16.8 Å². The van der Waals surface area contributed by atoms with Crippen LogP contribution in [0.2, 0.25) is 0 Å². The molecule has 0 spiro atoms. The zero-order chi connectivity index (χ0) is 15.0. The van der Waals surface area contributed by atoms with E-state index in [9.17, 15) is 16.8 Å². The van der Waals surface area contributed by atoms with E-state index in [0.29, 0.717) is 6.54 Å². The summed E-state index contributed by atoms with van der Waals surface area (Å²) < 4.78 is 49.3. The predicted molar refractivity (Wildman–Crippen MR) is 76.6 cm³/mol. The molecule has 1 aliphatic carbocycles. The third-order valence-electron chi connectivity index (χ3n) is 3.74. The van der Waals surface area contributed by atoms with Crippen molar-refractivity contribution in [3.05, 3.63) is 24.3 Å². The number of nitrogens with one attached hydrogen (secondary N) is 1. The van der Waals surface area contributed by atoms with Crippen molar-refractivity contribution in [3.63, 3.8) is 0 Å². The van der Waals surface area contributed by atoms with Crippen LogP contribution >= 0.6 is 10.7 Å². The second-order valence-corrected chi connectivity index (χ2v) is 9.42. The van der Waals surface area contributed by atoms with Crippen molar-refractivity contribution in [1.82, 2.24) is 4.72 Å². The lowest BCUT2D eigenvalue weighted by atomic mass is 10.1. The predicted octanol–water partition coefficient (Wildman–Crippen LogP) is 2.08. The minimum Gasteiger partial charge on any atom is -0.211 e. The van der Waals surface area contributed by atoms with Crippen LogP contribution in [-0.2, 0) is 19.1 Å². The Morgan fingerprint density at radius 2 is 1.80 bits per heavy atom. The molecule has 0 heterocycles. The number of sulfonamides is 1. The normalized spacial score (nSPS) is 17.9. The summed E-state index contributed by atoms with van der Waals surface area (Å²) in [5.74, 6) is 0. The number of hydrogen-bond donors (Lipinski definition) is 1. The van der Waals surface area contributed by atoms with Gasteiger partial charge in [0.05, 0.1) is 9.79 Å². The molecule has 2 rings (SSSR count). The summed E-state index contributed by atoms with van der Waals surface area (Å²) in [7, 11) is -2.44. The van der Waals surface area contributed by atoms with Gasteiger partial charge in [-0.1, -0.05) is 13.0 Å². The summed E-state index contributed by atoms with van der Waals surface area (Å²) in [4.78, 5) is -0.315. The molecule has 0 amide bonds. The van der Waals surface area contributed by atoms with Gasteiger partial charge in [-0.25, -0.2) is 21.6 Å². The average molecular weight is 338 g/mol. The first-order valence-corrected chi connectivity index (χ1v) is 10.0. The Morgan fingerprint density at radius 1 is 1.20 bits per heavy atom. The molecule has 0 aliphatic heterocycles. The van der Waals surface area contributed by atoms with Crippen LogP contribution < -0.4 is 4.72 Å². The van der Waals surface area contributed by atoms with Gasteiger partial charge in [-0.2, -0.15) is 0 Å². The molecular formula is C12H16ClNO4S2. The van der Waals surface area contributed by atoms with Gasteiger partial charge >= 0.3 is 0 Å². The first-order valence-electron chi connectivity index (χ1n) is 6.23. The minimum atomic E-state index is -3.94. The topological polar surface area (TPSA) is 80.3 Å². The molecule has 0 saturated heterocycles. The molecule has 112 valence electrons. The van der Waals surface area contributed by atoms with Crippen molar-refractivity contribution in [2.45, 2.75) is 36.0 Å². The molecule has 0 radical (unpaired) electrons. The highest BCUT2D eigenvalue weighted by atomic mass is 35.7. The van der Waals surface area contributed by atoms with E-state index in [1.807, 2.05) is 6.92 Å². The Bertz CT molecular complexity index is 709. The minimum absolute atomic E-state index is 0.0727. The molecule has 1 aromatic carbocycles. The maximum absolute atomic E-state index is 12.2. The number of hydrogen-bond acceptors (Lipinski definition) is 4. The molecule has 0 unspecified atom stereocenters. The van der Waals surface area contributed by atoms with Crippen LogP contribution in [-0.4, -0.2) is 23.4 Å². The third kappa shape index (κ3) is 3.52. The fourth-order valence-corrected chi connectivity index (χ4v) is 4.03. The molecule has 1 saturated carbocycles. The van der Waals surface area contributed by atoms with Crippen molar-refractivity contribution in [1.29, 1.82) is 0 Å². The van der Waals surface area contributed by atoms with Crippen molar-refractivity contribution in [2.75, 3.05) is 6.54 Å². The molecule has 0 aromatic heterocycles. The van der Waals surface area contributed by atoms with Gasteiger partial charge in [0, 0.05) is 17.2 Å². The van der Waals surface area contributed by atoms with E-state index in [4.69, 9.17) is 10.7 Å². The van der Waals surface area contributed by atoms with Crippen molar-refractivity contribution in [3.8, 4) is 0 Å². The van der Waals surface area contributed by atoms with Gasteiger partial charge in [0.25, 0.3) is 9.05 Å². The number of rotatable bonds is 6. The molecule has 1 fully saturated rings. The first-order chi connectivity index (χ1) is 9.19. The van der Waals surface area contributed by atoms with Crippen LogP contribution in [0.1, 0.15) is 26.2 Å². The third-order valence-corrected chi connectivity index (χ3v) is 6.49. The van der Waals surface area contributed by atoms with Crippen molar-refractivity contribution >= 4 is 29.8 Å². The lowest BCUT2D eigenvalue weighted by molar-refractivity contribution is 0.475. The zero-order valence-electron chi connectivity index (χ0n) is 11.0. The smallest absolute Gasteiger partial charge is 0.211 e. The van der Waals surface area contributed by atoms with E-state index >= 15 is 0 Å². The molecule has 1 aliphatic rings. The van der Waals surface area contributed by atoms with Gasteiger partial charge in [0.1, 0.15) is 0 Å². The lowest BCUT2D eigenvalue weighted by Crippen LogP contribution is -2.30. The Kier molecular flexibility index (Phi) is 4.17. The highest BCUT2D eigenvalue weighted by molar-refractivity contribution is 8.13. The van der Waals surface area contributed by atoms with Gasteiger partial charge < -0.3 is 0 Å². The van der Waals surface area contributed by atoms with Crippen LogP contribution in [0.3, 0.4) is 0 Å². The maximum Gasteiger partial charge on any atom is 0.261 e. The molecule has 5 nitrogen and oxygen atoms in total. The molecule has 20 heavy (non-hydrogen) atoms. The highest BCUT2D eigenvalue weighted by Crippen LogP contribution is 2.48. The zero-order valence-corrected chi connectivity index (χ0v) is 13.4. The maximum atomic E-state index is 12.2. The van der Waals surface area contributed by atoms with Crippen LogP contribution in [0, 0.1) is 5.41 Å². The second-order valence-electron chi connectivity index (χ2n) is 5.09. The number of halogens is 1. The standard InChI is InChI=1S/C12H16ClNO4S2/c1-2-12(6-7-12)9-14-20(17,18)11-5-3-4-10(8-11)19(13,15)16/h3-5,8,14H,2,6-7,9H2,1H3. The quantitative estimate of drug-likeness (QED) is 0.806.